The Morgan fingerprint density at radius 2 is 2.07 bits per heavy atom. The van der Waals surface area contributed by atoms with E-state index in [1.807, 2.05) is 17.8 Å². The van der Waals surface area contributed by atoms with E-state index in [-0.39, 0.29) is 6.04 Å². The molecule has 0 atom stereocenters. The van der Waals surface area contributed by atoms with Crippen LogP contribution in [0.4, 0.5) is 5.95 Å². The molecule has 4 heterocycles. The number of nitrogens with one attached hydrogen (secondary N) is 1. The molecule has 5 rings (SSSR count). The molecule has 2 fully saturated rings. The quantitative estimate of drug-likeness (QED) is 0.764. The molecule has 0 amide bonds. The van der Waals surface area contributed by atoms with Gasteiger partial charge >= 0.3 is 0 Å². The van der Waals surface area contributed by atoms with Gasteiger partial charge < -0.3 is 20.5 Å². The number of hydrogen-bond donors (Lipinski definition) is 2. The summed E-state index contributed by atoms with van der Waals surface area (Å²) >= 11 is 0. The molecule has 29 heavy (non-hydrogen) atoms. The second kappa shape index (κ2) is 7.62. The van der Waals surface area contributed by atoms with Crippen LogP contribution in [0, 0.1) is 0 Å². The van der Waals surface area contributed by atoms with Gasteiger partial charge in [-0.1, -0.05) is 0 Å². The van der Waals surface area contributed by atoms with Gasteiger partial charge in [0, 0.05) is 38.3 Å². The van der Waals surface area contributed by atoms with E-state index in [4.69, 9.17) is 30.3 Å². The normalized spacial score (nSPS) is 21.8. The molecule has 1 saturated heterocycles. The van der Waals surface area contributed by atoms with E-state index in [9.17, 15) is 0 Å². The highest BCUT2D eigenvalue weighted by atomic mass is 16.5. The summed E-state index contributed by atoms with van der Waals surface area (Å²) in [7, 11) is 0. The van der Waals surface area contributed by atoms with Crippen LogP contribution in [0.5, 0.6) is 0 Å². The summed E-state index contributed by atoms with van der Waals surface area (Å²) < 4.78 is 13.2. The third-order valence-electron chi connectivity index (χ3n) is 5.67. The third kappa shape index (κ3) is 3.78. The number of aryl methyl sites for hydroxylation is 1. The van der Waals surface area contributed by atoms with Gasteiger partial charge in [0.2, 0.25) is 11.8 Å². The van der Waals surface area contributed by atoms with Gasteiger partial charge in [0.15, 0.2) is 5.65 Å². The average Bonchev–Trinajstić information content (AvgIpc) is 3.52. The molecule has 0 unspecified atom stereocenters. The topological polar surface area (TPSA) is 112 Å². The monoisotopic (exact) mass is 397 g/mol. The van der Waals surface area contributed by atoms with Gasteiger partial charge in [-0.05, 0) is 32.6 Å². The van der Waals surface area contributed by atoms with E-state index in [1.54, 1.807) is 0 Å². The van der Waals surface area contributed by atoms with Crippen molar-refractivity contribution < 1.29 is 9.47 Å². The number of nitrogens with zero attached hydrogens (tertiary/aromatic N) is 5. The van der Waals surface area contributed by atoms with Crippen LogP contribution < -0.4 is 11.1 Å². The summed E-state index contributed by atoms with van der Waals surface area (Å²) in [5.74, 6) is 1.34. The summed E-state index contributed by atoms with van der Waals surface area (Å²) in [6.45, 7) is 4.67. The van der Waals surface area contributed by atoms with Crippen molar-refractivity contribution >= 4 is 22.7 Å². The minimum atomic E-state index is 0.231. The molecule has 9 heteroatoms. The summed E-state index contributed by atoms with van der Waals surface area (Å²) in [5, 5.41) is 9.12. The van der Waals surface area contributed by atoms with Crippen LogP contribution in [0.2, 0.25) is 0 Å². The number of allylic oxidation sites excluding steroid dienone is 1. The summed E-state index contributed by atoms with van der Waals surface area (Å²) in [6, 6.07) is 0.231. The fourth-order valence-electron chi connectivity index (χ4n) is 3.92. The Kier molecular flexibility index (Phi) is 4.83. The number of rotatable bonds is 3. The first kappa shape index (κ1) is 18.4. The van der Waals surface area contributed by atoms with Crippen LogP contribution in [0.25, 0.3) is 11.0 Å². The summed E-state index contributed by atoms with van der Waals surface area (Å²) in [4.78, 5) is 14.2. The second-order valence-corrected chi connectivity index (χ2v) is 7.94. The molecule has 1 aliphatic carbocycles. The fourth-order valence-corrected chi connectivity index (χ4v) is 3.92. The molecule has 0 aromatic carbocycles. The van der Waals surface area contributed by atoms with Crippen LogP contribution in [-0.2, 0) is 16.0 Å². The largest absolute Gasteiger partial charge is 0.478 e. The van der Waals surface area contributed by atoms with Gasteiger partial charge in [-0.15, -0.1) is 0 Å². The van der Waals surface area contributed by atoms with Gasteiger partial charge in [-0.2, -0.15) is 10.1 Å². The van der Waals surface area contributed by atoms with Crippen molar-refractivity contribution in [3.63, 3.8) is 0 Å². The van der Waals surface area contributed by atoms with Crippen molar-refractivity contribution in [2.45, 2.75) is 57.5 Å². The molecule has 2 aromatic heterocycles. The van der Waals surface area contributed by atoms with Crippen molar-refractivity contribution in [1.82, 2.24) is 19.7 Å². The second-order valence-electron chi connectivity index (χ2n) is 7.94. The van der Waals surface area contributed by atoms with E-state index in [2.05, 4.69) is 10.3 Å². The highest BCUT2D eigenvalue weighted by Gasteiger charge is 2.30. The Morgan fingerprint density at radius 3 is 2.86 bits per heavy atom. The molecule has 1 saturated carbocycles. The van der Waals surface area contributed by atoms with Gasteiger partial charge in [0.05, 0.1) is 29.4 Å². The molecule has 9 nitrogen and oxygen atoms in total. The molecule has 154 valence electrons. The lowest BCUT2D eigenvalue weighted by Gasteiger charge is -2.20. The Bertz CT molecular complexity index is 971. The van der Waals surface area contributed by atoms with Crippen LogP contribution >= 0.6 is 0 Å². The Balaban J connectivity index is 1.50. The maximum Gasteiger partial charge on any atom is 0.229 e. The van der Waals surface area contributed by atoms with Crippen molar-refractivity contribution in [3.8, 4) is 0 Å². The zero-order chi connectivity index (χ0) is 19.8. The maximum absolute atomic E-state index is 6.27. The van der Waals surface area contributed by atoms with Crippen molar-refractivity contribution in [3.05, 3.63) is 23.5 Å². The van der Waals surface area contributed by atoms with Crippen molar-refractivity contribution in [2.75, 3.05) is 25.1 Å². The molecular formula is C20H27N7O2. The summed E-state index contributed by atoms with van der Waals surface area (Å²) in [6.07, 6.45) is 6.89. The smallest absolute Gasteiger partial charge is 0.229 e. The molecule has 2 aliphatic heterocycles. The van der Waals surface area contributed by atoms with Crippen LogP contribution in [-0.4, -0.2) is 51.3 Å². The van der Waals surface area contributed by atoms with Crippen LogP contribution in [0.3, 0.4) is 0 Å². The zero-order valence-corrected chi connectivity index (χ0v) is 16.7. The zero-order valence-electron chi connectivity index (χ0n) is 16.7. The SMILES string of the molecule is CC(=NC1CCOCC1)C1=C(N)OCCCn2nc(C3CC3)c3cnc(nc32)N1. The highest BCUT2D eigenvalue weighted by molar-refractivity contribution is 6.01. The lowest BCUT2D eigenvalue weighted by atomic mass is 10.1. The highest BCUT2D eigenvalue weighted by Crippen LogP contribution is 2.42. The van der Waals surface area contributed by atoms with Crippen LogP contribution in [0.15, 0.2) is 22.8 Å². The van der Waals surface area contributed by atoms with Crippen LogP contribution in [0.1, 0.15) is 50.6 Å². The Labute approximate surface area is 169 Å². The van der Waals surface area contributed by atoms with E-state index in [0.717, 1.165) is 61.5 Å². The Hall–Kier alpha value is -2.68. The molecule has 0 radical (unpaired) electrons. The van der Waals surface area contributed by atoms with Crippen molar-refractivity contribution in [2.24, 2.45) is 10.7 Å². The molecule has 2 bridgehead atoms. The predicted octanol–water partition coefficient (Wildman–Crippen LogP) is 2.30. The first-order chi connectivity index (χ1) is 14.2. The van der Waals surface area contributed by atoms with E-state index in [1.165, 1.54) is 12.8 Å². The third-order valence-corrected chi connectivity index (χ3v) is 5.67. The first-order valence-electron chi connectivity index (χ1n) is 10.4. The number of hydrogen-bond acceptors (Lipinski definition) is 8. The standard InChI is InChI=1S/C20H27N7O2/c1-12(23-14-5-9-28-10-6-14)16-18(21)29-8-2-7-27-19-15(11-22-20(24-16)25-19)17(26-27)13-3-4-13/h11,13-14H,2-10,21H2,1H3,(H,22,24,25). The predicted molar refractivity (Wildman–Crippen MR) is 110 cm³/mol. The van der Waals surface area contributed by atoms with E-state index < -0.39 is 0 Å². The summed E-state index contributed by atoms with van der Waals surface area (Å²) in [5.41, 5.74) is 9.68. The van der Waals surface area contributed by atoms with E-state index >= 15 is 0 Å². The average molecular weight is 397 g/mol. The van der Waals surface area contributed by atoms with Gasteiger partial charge in [-0.25, -0.2) is 9.67 Å². The maximum atomic E-state index is 6.27. The van der Waals surface area contributed by atoms with Crippen molar-refractivity contribution in [1.29, 1.82) is 0 Å². The number of aliphatic imine (C=N–C) groups is 1. The number of anilines is 1. The fraction of sp³-hybridized carbons (Fsp3) is 0.600. The number of nitrogens with two attached hydrogens (primary N) is 1. The minimum Gasteiger partial charge on any atom is -0.478 e. The molecule has 2 aromatic rings. The van der Waals surface area contributed by atoms with Gasteiger partial charge in [0.25, 0.3) is 0 Å². The number of aromatic nitrogens is 4. The lowest BCUT2D eigenvalue weighted by Crippen LogP contribution is -2.24. The van der Waals surface area contributed by atoms with E-state index in [0.29, 0.717) is 30.1 Å². The molecular weight excluding hydrogens is 370 g/mol. The number of fused-ring (bicyclic) bond motifs is 1. The first-order valence-corrected chi connectivity index (χ1v) is 10.4. The lowest BCUT2D eigenvalue weighted by molar-refractivity contribution is 0.0871. The minimum absolute atomic E-state index is 0.231. The molecule has 3 N–H and O–H groups in total. The van der Waals surface area contributed by atoms with Gasteiger partial charge in [-0.3, -0.25) is 4.99 Å². The van der Waals surface area contributed by atoms with Gasteiger partial charge in [0.1, 0.15) is 5.70 Å². The molecule has 0 spiro atoms. The Morgan fingerprint density at radius 1 is 1.24 bits per heavy atom. The molecule has 3 aliphatic rings. The number of ether oxygens (including phenoxy) is 2.